The maximum Gasteiger partial charge on any atom is 0.0347 e. The predicted octanol–water partition coefficient (Wildman–Crippen LogP) is 12.3. The van der Waals surface area contributed by atoms with Crippen molar-refractivity contribution >= 4 is 43.1 Å². The Balaban J connectivity index is 1.09. The van der Waals surface area contributed by atoms with Crippen LogP contribution in [0.15, 0.2) is 164 Å². The summed E-state index contributed by atoms with van der Waals surface area (Å²) in [7, 11) is 0. The van der Waals surface area contributed by atoms with E-state index in [1.165, 1.54) is 87.6 Å². The van der Waals surface area contributed by atoms with Gasteiger partial charge in [0, 0.05) is 23.5 Å². The summed E-state index contributed by atoms with van der Waals surface area (Å²) in [5, 5.41) is 10.2. The average molecular weight is 582 g/mol. The van der Waals surface area contributed by atoms with Gasteiger partial charge in [0.15, 0.2) is 0 Å². The number of rotatable bonds is 3. The molecule has 46 heavy (non-hydrogen) atoms. The van der Waals surface area contributed by atoms with E-state index in [0.717, 1.165) is 11.1 Å². The molecule has 8 aromatic carbocycles. The number of benzene rings is 8. The Bertz CT molecular complexity index is 2700. The van der Waals surface area contributed by atoms with Crippen LogP contribution in [0.3, 0.4) is 0 Å². The molecule has 0 aliphatic heterocycles. The lowest BCUT2D eigenvalue weighted by molar-refractivity contribution is 1.33. The molecule has 0 unspecified atom stereocenters. The van der Waals surface area contributed by atoms with Crippen molar-refractivity contribution < 1.29 is 0 Å². The summed E-state index contributed by atoms with van der Waals surface area (Å²) < 4.78 is 0. The molecule has 9 aromatic rings. The van der Waals surface area contributed by atoms with Crippen LogP contribution < -0.4 is 0 Å². The number of pyridine rings is 1. The molecule has 1 aliphatic carbocycles. The minimum absolute atomic E-state index is 1.12. The summed E-state index contributed by atoms with van der Waals surface area (Å²) in [6.07, 6.45) is 4.00. The third kappa shape index (κ3) is 3.79. The molecule has 10 rings (SSSR count). The van der Waals surface area contributed by atoms with Crippen LogP contribution in [0.1, 0.15) is 0 Å². The Kier molecular flexibility index (Phi) is 5.35. The lowest BCUT2D eigenvalue weighted by Gasteiger charge is -2.14. The van der Waals surface area contributed by atoms with E-state index in [-0.39, 0.29) is 0 Å². The molecule has 1 nitrogen and oxygen atoms in total. The van der Waals surface area contributed by atoms with Gasteiger partial charge < -0.3 is 0 Å². The first-order valence-corrected chi connectivity index (χ1v) is 15.9. The van der Waals surface area contributed by atoms with Gasteiger partial charge in [-0.25, -0.2) is 0 Å². The lowest BCUT2D eigenvalue weighted by atomic mass is 9.90. The Hall–Kier alpha value is -6.05. The molecule has 0 spiro atoms. The van der Waals surface area contributed by atoms with E-state index < -0.39 is 0 Å². The van der Waals surface area contributed by atoms with Crippen LogP contribution >= 0.6 is 0 Å². The molecule has 1 aromatic heterocycles. The normalized spacial score (nSPS) is 11.9. The fraction of sp³-hybridized carbons (Fsp3) is 0. The molecule has 1 heterocycles. The van der Waals surface area contributed by atoms with E-state index >= 15 is 0 Å². The number of hydrogen-bond acceptors (Lipinski definition) is 1. The fourth-order valence-corrected chi connectivity index (χ4v) is 7.59. The molecular formula is C45H27N. The van der Waals surface area contributed by atoms with Crippen molar-refractivity contribution in [3.05, 3.63) is 164 Å². The van der Waals surface area contributed by atoms with E-state index in [9.17, 15) is 0 Å². The van der Waals surface area contributed by atoms with Gasteiger partial charge in [-0.2, -0.15) is 0 Å². The molecule has 0 radical (unpaired) electrons. The molecular weight excluding hydrogens is 555 g/mol. The second-order valence-corrected chi connectivity index (χ2v) is 12.4. The molecule has 0 saturated carbocycles. The lowest BCUT2D eigenvalue weighted by Crippen LogP contribution is -1.89. The van der Waals surface area contributed by atoms with Crippen molar-refractivity contribution in [1.29, 1.82) is 0 Å². The van der Waals surface area contributed by atoms with Crippen LogP contribution in [0.2, 0.25) is 0 Å². The molecule has 1 heteroatoms. The molecule has 0 bridgehead atoms. The summed E-state index contributed by atoms with van der Waals surface area (Å²) in [5.74, 6) is 0. The van der Waals surface area contributed by atoms with Crippen LogP contribution in [0.25, 0.3) is 98.7 Å². The molecule has 0 N–H and O–H groups in total. The topological polar surface area (TPSA) is 12.9 Å². The SMILES string of the molecule is c1ccc2c(c1)-c1ccc(-c3cncc(-c4ccc5cc(-c6ccc7ccccc7c6)ccc5c4)c3)c3c1c-2cc1ccccc13. The fourth-order valence-electron chi connectivity index (χ4n) is 7.59. The Morgan fingerprint density at radius 2 is 0.826 bits per heavy atom. The monoisotopic (exact) mass is 581 g/mol. The summed E-state index contributed by atoms with van der Waals surface area (Å²) in [5.41, 5.74) is 12.4. The maximum atomic E-state index is 4.78. The highest BCUT2D eigenvalue weighted by Gasteiger charge is 2.24. The van der Waals surface area contributed by atoms with Crippen molar-refractivity contribution in [2.75, 3.05) is 0 Å². The van der Waals surface area contributed by atoms with E-state index in [1.54, 1.807) is 0 Å². The van der Waals surface area contributed by atoms with E-state index in [2.05, 4.69) is 152 Å². The minimum atomic E-state index is 1.12. The molecule has 0 atom stereocenters. The van der Waals surface area contributed by atoms with E-state index in [0.29, 0.717) is 0 Å². The van der Waals surface area contributed by atoms with Gasteiger partial charge >= 0.3 is 0 Å². The molecule has 1 aliphatic rings. The predicted molar refractivity (Wildman–Crippen MR) is 195 cm³/mol. The summed E-state index contributed by atoms with van der Waals surface area (Å²) in [6, 6.07) is 55.6. The standard InChI is InChI=1S/C45H27N/c1-2-8-29-21-30(14-13-28(29)7-1)31-15-16-33-23-34(18-17-32(33)22-31)36-24-37(27-46-26-36)39-19-20-42-40-11-5-6-12-41(40)43-25-35-9-3-4-10-38(35)44(39)45(42)43/h1-27H. The van der Waals surface area contributed by atoms with Crippen LogP contribution in [-0.2, 0) is 0 Å². The molecule has 212 valence electrons. The number of fused-ring (bicyclic) bond motifs is 7. The van der Waals surface area contributed by atoms with Gasteiger partial charge in [0.1, 0.15) is 0 Å². The molecule has 0 saturated heterocycles. The van der Waals surface area contributed by atoms with Gasteiger partial charge in [0.25, 0.3) is 0 Å². The summed E-state index contributed by atoms with van der Waals surface area (Å²) in [4.78, 5) is 4.78. The maximum absolute atomic E-state index is 4.78. The first-order chi connectivity index (χ1) is 22.8. The summed E-state index contributed by atoms with van der Waals surface area (Å²) in [6.45, 7) is 0. The van der Waals surface area contributed by atoms with Gasteiger partial charge in [0.2, 0.25) is 0 Å². The molecule has 0 amide bonds. The van der Waals surface area contributed by atoms with E-state index in [4.69, 9.17) is 4.98 Å². The third-order valence-corrected chi connectivity index (χ3v) is 9.82. The minimum Gasteiger partial charge on any atom is -0.263 e. The van der Waals surface area contributed by atoms with Crippen LogP contribution in [0.4, 0.5) is 0 Å². The first kappa shape index (κ1) is 25.3. The highest BCUT2D eigenvalue weighted by Crippen LogP contribution is 2.51. The van der Waals surface area contributed by atoms with Gasteiger partial charge in [-0.15, -0.1) is 0 Å². The van der Waals surface area contributed by atoms with Gasteiger partial charge in [-0.3, -0.25) is 4.98 Å². The summed E-state index contributed by atoms with van der Waals surface area (Å²) >= 11 is 0. The highest BCUT2D eigenvalue weighted by atomic mass is 14.6. The van der Waals surface area contributed by atoms with Crippen molar-refractivity contribution in [2.45, 2.75) is 0 Å². The molecule has 0 fully saturated rings. The van der Waals surface area contributed by atoms with Crippen molar-refractivity contribution in [1.82, 2.24) is 4.98 Å². The van der Waals surface area contributed by atoms with Crippen molar-refractivity contribution in [3.63, 3.8) is 0 Å². The van der Waals surface area contributed by atoms with E-state index in [1.807, 2.05) is 12.4 Å². The quantitative estimate of drug-likeness (QED) is 0.189. The Morgan fingerprint density at radius 1 is 0.283 bits per heavy atom. The van der Waals surface area contributed by atoms with Crippen LogP contribution in [-0.4, -0.2) is 4.98 Å². The van der Waals surface area contributed by atoms with Gasteiger partial charge in [0.05, 0.1) is 0 Å². The number of nitrogens with zero attached hydrogens (tertiary/aromatic N) is 1. The zero-order chi connectivity index (χ0) is 30.2. The van der Waals surface area contributed by atoms with Gasteiger partial charge in [-0.1, -0.05) is 121 Å². The average Bonchev–Trinajstić information content (AvgIpc) is 3.45. The highest BCUT2D eigenvalue weighted by molar-refractivity contribution is 6.27. The zero-order valence-electron chi connectivity index (χ0n) is 25.0. The number of aromatic nitrogens is 1. The smallest absolute Gasteiger partial charge is 0.0347 e. The first-order valence-electron chi connectivity index (χ1n) is 15.9. The Labute approximate surface area is 267 Å². The zero-order valence-corrected chi connectivity index (χ0v) is 25.0. The third-order valence-electron chi connectivity index (χ3n) is 9.82. The van der Waals surface area contributed by atoms with Gasteiger partial charge in [-0.05, 0) is 118 Å². The second kappa shape index (κ2) is 9.72. The van der Waals surface area contributed by atoms with Crippen molar-refractivity contribution in [2.24, 2.45) is 0 Å². The second-order valence-electron chi connectivity index (χ2n) is 12.4. The number of hydrogen-bond donors (Lipinski definition) is 0. The van der Waals surface area contributed by atoms with Crippen LogP contribution in [0, 0.1) is 0 Å². The Morgan fingerprint density at radius 3 is 1.59 bits per heavy atom. The largest absolute Gasteiger partial charge is 0.263 e. The van der Waals surface area contributed by atoms with Crippen LogP contribution in [0.5, 0.6) is 0 Å². The van der Waals surface area contributed by atoms with Crippen molar-refractivity contribution in [3.8, 4) is 55.6 Å².